The van der Waals surface area contributed by atoms with Crippen LogP contribution in [0.4, 0.5) is 4.79 Å². The van der Waals surface area contributed by atoms with E-state index >= 15 is 0 Å². The third kappa shape index (κ3) is 5.95. The largest absolute Gasteiger partial charge is 0.464 e. The van der Waals surface area contributed by atoms with Gasteiger partial charge in [0, 0.05) is 12.2 Å². The Morgan fingerprint density at radius 2 is 2.28 bits per heavy atom. The summed E-state index contributed by atoms with van der Waals surface area (Å²) in [5.41, 5.74) is -0.584. The van der Waals surface area contributed by atoms with Crippen molar-refractivity contribution in [3.8, 4) is 0 Å². The van der Waals surface area contributed by atoms with Crippen LogP contribution in [-0.4, -0.2) is 36.1 Å². The molecule has 1 heterocycles. The van der Waals surface area contributed by atoms with E-state index in [1.165, 1.54) is 11.8 Å². The van der Waals surface area contributed by atoms with Crippen LogP contribution in [0.2, 0.25) is 0 Å². The summed E-state index contributed by atoms with van der Waals surface area (Å²) in [5, 5.41) is 4.44. The average molecular weight is 273 g/mol. The molecule has 0 aliphatic carbocycles. The van der Waals surface area contributed by atoms with Crippen molar-refractivity contribution >= 4 is 23.8 Å². The molecule has 1 rings (SSSR count). The summed E-state index contributed by atoms with van der Waals surface area (Å²) in [6.07, 6.45) is 2.03. The number of amides is 1. The highest BCUT2D eigenvalue weighted by Gasteiger charge is 2.25. The third-order valence-electron chi connectivity index (χ3n) is 1.96. The summed E-state index contributed by atoms with van der Waals surface area (Å²) in [4.78, 5) is 23.3. The Labute approximate surface area is 111 Å². The van der Waals surface area contributed by atoms with Gasteiger partial charge in [0.2, 0.25) is 0 Å². The molecule has 0 saturated carbocycles. The summed E-state index contributed by atoms with van der Waals surface area (Å²) in [6, 6.07) is -0.674. The molecule has 5 nitrogen and oxygen atoms in total. The van der Waals surface area contributed by atoms with Crippen molar-refractivity contribution in [3.05, 3.63) is 11.5 Å². The molecule has 1 amide bonds. The molecule has 6 heteroatoms. The number of ether oxygens (including phenoxy) is 2. The number of alkyl carbamates (subject to hydrolysis) is 1. The summed E-state index contributed by atoms with van der Waals surface area (Å²) in [5.74, 6) is 0.0197. The first-order chi connectivity index (χ1) is 8.38. The summed E-state index contributed by atoms with van der Waals surface area (Å²) in [7, 11) is 0. The van der Waals surface area contributed by atoms with Crippen molar-refractivity contribution in [2.75, 3.05) is 12.4 Å². The minimum atomic E-state index is -0.674. The minimum Gasteiger partial charge on any atom is -0.464 e. The molecule has 1 aliphatic rings. The molecule has 1 aliphatic heterocycles. The Bertz CT molecular complexity index is 335. The maximum absolute atomic E-state index is 11.7. The molecule has 102 valence electrons. The maximum atomic E-state index is 11.7. The van der Waals surface area contributed by atoms with Crippen LogP contribution in [-0.2, 0) is 14.3 Å². The molecule has 1 unspecified atom stereocenters. The number of hydrogen-bond acceptors (Lipinski definition) is 5. The highest BCUT2D eigenvalue weighted by atomic mass is 32.2. The third-order valence-corrected chi connectivity index (χ3v) is 2.87. The van der Waals surface area contributed by atoms with Gasteiger partial charge in [0.1, 0.15) is 11.6 Å². The van der Waals surface area contributed by atoms with E-state index in [4.69, 9.17) is 9.47 Å². The molecule has 0 radical (unpaired) electrons. The van der Waals surface area contributed by atoms with Gasteiger partial charge >= 0.3 is 12.1 Å². The van der Waals surface area contributed by atoms with E-state index in [-0.39, 0.29) is 0 Å². The van der Waals surface area contributed by atoms with Crippen molar-refractivity contribution in [1.29, 1.82) is 0 Å². The fourth-order valence-electron chi connectivity index (χ4n) is 1.23. The van der Waals surface area contributed by atoms with E-state index in [0.717, 1.165) is 0 Å². The molecule has 0 spiro atoms. The Balaban J connectivity index is 2.53. The Hall–Kier alpha value is -1.17. The topological polar surface area (TPSA) is 64.6 Å². The summed E-state index contributed by atoms with van der Waals surface area (Å²) in [6.45, 7) is 5.64. The van der Waals surface area contributed by atoms with Gasteiger partial charge in [0.05, 0.1) is 6.61 Å². The molecule has 0 aromatic rings. The lowest BCUT2D eigenvalue weighted by Crippen LogP contribution is -2.45. The van der Waals surface area contributed by atoms with Crippen LogP contribution in [0.5, 0.6) is 0 Å². The van der Waals surface area contributed by atoms with Gasteiger partial charge in [0.15, 0.2) is 0 Å². The standard InChI is InChI=1S/C12H19NO4S/c1-12(2,3)17-11(15)13-9-8-18-7-5-4-6-16-10(9)14/h5,7,9H,4,6,8H2,1-3H3,(H,13,15)/b7-5-. The number of carbonyl (C=O) groups is 2. The molecular formula is C12H19NO4S. The maximum Gasteiger partial charge on any atom is 0.408 e. The lowest BCUT2D eigenvalue weighted by atomic mass is 10.2. The SMILES string of the molecule is CC(C)(C)OC(=O)NC1CS/C=C\CCOC1=O. The van der Waals surface area contributed by atoms with Gasteiger partial charge in [-0.15, -0.1) is 11.8 Å². The van der Waals surface area contributed by atoms with Gasteiger partial charge < -0.3 is 14.8 Å². The smallest absolute Gasteiger partial charge is 0.408 e. The van der Waals surface area contributed by atoms with Gasteiger partial charge in [-0.1, -0.05) is 6.08 Å². The van der Waals surface area contributed by atoms with E-state index in [9.17, 15) is 9.59 Å². The first kappa shape index (κ1) is 14.9. The van der Waals surface area contributed by atoms with E-state index in [1.807, 2.05) is 11.5 Å². The molecule has 0 bridgehead atoms. The fourth-order valence-corrected chi connectivity index (χ4v) is 2.03. The van der Waals surface area contributed by atoms with Crippen molar-refractivity contribution in [1.82, 2.24) is 5.32 Å². The van der Waals surface area contributed by atoms with Gasteiger partial charge in [-0.2, -0.15) is 0 Å². The van der Waals surface area contributed by atoms with Gasteiger partial charge in [-0.3, -0.25) is 0 Å². The fraction of sp³-hybridized carbons (Fsp3) is 0.667. The summed E-state index contributed by atoms with van der Waals surface area (Å²) < 4.78 is 10.1. The molecule has 1 N–H and O–H groups in total. The van der Waals surface area contributed by atoms with E-state index in [0.29, 0.717) is 18.8 Å². The van der Waals surface area contributed by atoms with Crippen molar-refractivity contribution in [2.24, 2.45) is 0 Å². The lowest BCUT2D eigenvalue weighted by Gasteiger charge is -2.22. The van der Waals surface area contributed by atoms with Crippen LogP contribution in [0.3, 0.4) is 0 Å². The van der Waals surface area contributed by atoms with Crippen LogP contribution in [0.15, 0.2) is 11.5 Å². The Kier molecular flexibility index (Phi) is 5.53. The highest BCUT2D eigenvalue weighted by molar-refractivity contribution is 8.02. The molecule has 1 atom stereocenters. The molecule has 0 saturated heterocycles. The zero-order chi connectivity index (χ0) is 13.6. The number of esters is 1. The number of cyclic esters (lactones) is 1. The second-order valence-electron chi connectivity index (χ2n) is 4.86. The molecular weight excluding hydrogens is 254 g/mol. The van der Waals surface area contributed by atoms with Crippen molar-refractivity contribution in [3.63, 3.8) is 0 Å². The number of hydrogen-bond donors (Lipinski definition) is 1. The van der Waals surface area contributed by atoms with Crippen molar-refractivity contribution in [2.45, 2.75) is 38.8 Å². The predicted octanol–water partition coefficient (Wildman–Crippen LogP) is 2.07. The molecule has 18 heavy (non-hydrogen) atoms. The van der Waals surface area contributed by atoms with Crippen LogP contribution in [0.1, 0.15) is 27.2 Å². The Morgan fingerprint density at radius 3 is 2.94 bits per heavy atom. The molecule has 0 aromatic heterocycles. The minimum absolute atomic E-state index is 0.336. The number of carbonyl (C=O) groups excluding carboxylic acids is 2. The number of rotatable bonds is 1. The second-order valence-corrected chi connectivity index (χ2v) is 5.80. The highest BCUT2D eigenvalue weighted by Crippen LogP contribution is 2.11. The van der Waals surface area contributed by atoms with Crippen molar-refractivity contribution < 1.29 is 19.1 Å². The van der Waals surface area contributed by atoms with Crippen LogP contribution < -0.4 is 5.32 Å². The summed E-state index contributed by atoms with van der Waals surface area (Å²) >= 11 is 1.46. The second kappa shape index (κ2) is 6.68. The monoisotopic (exact) mass is 273 g/mol. The zero-order valence-electron chi connectivity index (χ0n) is 10.9. The van der Waals surface area contributed by atoms with E-state index in [1.54, 1.807) is 20.8 Å². The normalized spacial score (nSPS) is 23.1. The molecule has 0 fully saturated rings. The average Bonchev–Trinajstić information content (AvgIpc) is 2.30. The van der Waals surface area contributed by atoms with Crippen LogP contribution in [0, 0.1) is 0 Å². The number of thioether (sulfide) groups is 1. The van der Waals surface area contributed by atoms with Gasteiger partial charge in [0.25, 0.3) is 0 Å². The zero-order valence-corrected chi connectivity index (χ0v) is 11.7. The van der Waals surface area contributed by atoms with Gasteiger partial charge in [-0.05, 0) is 26.2 Å². The van der Waals surface area contributed by atoms with Crippen LogP contribution in [0.25, 0.3) is 0 Å². The van der Waals surface area contributed by atoms with E-state index < -0.39 is 23.7 Å². The van der Waals surface area contributed by atoms with Crippen LogP contribution >= 0.6 is 11.8 Å². The van der Waals surface area contributed by atoms with Gasteiger partial charge in [-0.25, -0.2) is 9.59 Å². The van der Waals surface area contributed by atoms with E-state index in [2.05, 4.69) is 5.32 Å². The quantitative estimate of drug-likeness (QED) is 0.741. The first-order valence-electron chi connectivity index (χ1n) is 5.81. The number of nitrogens with one attached hydrogen (secondary N) is 1. The lowest BCUT2D eigenvalue weighted by molar-refractivity contribution is -0.145. The molecule has 0 aromatic carbocycles. The first-order valence-corrected chi connectivity index (χ1v) is 6.86. The Morgan fingerprint density at radius 1 is 1.56 bits per heavy atom. The predicted molar refractivity (Wildman–Crippen MR) is 70.3 cm³/mol.